The van der Waals surface area contributed by atoms with Crippen molar-refractivity contribution in [2.75, 3.05) is 6.61 Å². The molecule has 0 aliphatic heterocycles. The molecule has 0 heterocycles. The van der Waals surface area contributed by atoms with Gasteiger partial charge in [0.05, 0.1) is 6.61 Å². The first kappa shape index (κ1) is 14.0. The van der Waals surface area contributed by atoms with Gasteiger partial charge in [0.1, 0.15) is 6.61 Å². The van der Waals surface area contributed by atoms with Crippen LogP contribution in [0.2, 0.25) is 0 Å². The second-order valence-electron chi connectivity index (χ2n) is 3.76. The van der Waals surface area contributed by atoms with E-state index in [-0.39, 0.29) is 12.4 Å². The van der Waals surface area contributed by atoms with Gasteiger partial charge in [0, 0.05) is 0 Å². The number of hydrogen-bond acceptors (Lipinski definition) is 3. The highest BCUT2D eigenvalue weighted by atomic mass is 16.6. The highest BCUT2D eigenvalue weighted by Gasteiger charge is 2.09. The zero-order valence-corrected chi connectivity index (χ0v) is 10.4. The molecule has 0 spiro atoms. The summed E-state index contributed by atoms with van der Waals surface area (Å²) in [5.41, 5.74) is 0.935. The van der Waals surface area contributed by atoms with E-state index in [4.69, 9.17) is 9.47 Å². The predicted octanol–water partition coefficient (Wildman–Crippen LogP) is 3.23. The lowest BCUT2D eigenvalue weighted by atomic mass is 10.2. The highest BCUT2D eigenvalue weighted by molar-refractivity contribution is 5.85. The second kappa shape index (κ2) is 8.12. The van der Waals surface area contributed by atoms with Crippen LogP contribution in [-0.2, 0) is 20.9 Å². The molecular formula is C15H18O3. The zero-order chi connectivity index (χ0) is 13.2. The van der Waals surface area contributed by atoms with Crippen molar-refractivity contribution in [3.05, 3.63) is 60.9 Å². The van der Waals surface area contributed by atoms with Gasteiger partial charge in [-0.15, -0.1) is 6.58 Å². The Morgan fingerprint density at radius 1 is 1.22 bits per heavy atom. The maximum atomic E-state index is 11.5. The van der Waals surface area contributed by atoms with Gasteiger partial charge in [0.25, 0.3) is 0 Å². The summed E-state index contributed by atoms with van der Waals surface area (Å²) in [5, 5.41) is 0. The van der Waals surface area contributed by atoms with Gasteiger partial charge in [-0.05, 0) is 25.0 Å². The van der Waals surface area contributed by atoms with Gasteiger partial charge in [0.2, 0.25) is 0 Å². The Morgan fingerprint density at radius 3 is 2.61 bits per heavy atom. The molecule has 0 atom stereocenters. The quantitative estimate of drug-likeness (QED) is 0.232. The van der Waals surface area contributed by atoms with E-state index in [1.165, 1.54) is 0 Å². The van der Waals surface area contributed by atoms with Crippen molar-refractivity contribution in [2.24, 2.45) is 0 Å². The van der Waals surface area contributed by atoms with E-state index in [9.17, 15) is 4.79 Å². The van der Waals surface area contributed by atoms with Crippen LogP contribution in [0.3, 0.4) is 0 Å². The van der Waals surface area contributed by atoms with Crippen LogP contribution in [0.1, 0.15) is 18.4 Å². The van der Waals surface area contributed by atoms with Crippen LogP contribution >= 0.6 is 0 Å². The third-order valence-electron chi connectivity index (χ3n) is 2.27. The molecule has 0 unspecified atom stereocenters. The molecule has 0 saturated heterocycles. The van der Waals surface area contributed by atoms with Crippen molar-refractivity contribution in [1.29, 1.82) is 0 Å². The standard InChI is InChI=1S/C15H18O3/c1-3-4-8-11-17-13(2)15(16)18-12-14-9-6-5-7-10-14/h3,5-7,9-10H,1-2,4,8,11-12H2. The molecule has 0 radical (unpaired) electrons. The average Bonchev–Trinajstić information content (AvgIpc) is 2.42. The molecule has 0 aliphatic carbocycles. The topological polar surface area (TPSA) is 35.5 Å². The van der Waals surface area contributed by atoms with Gasteiger partial charge >= 0.3 is 5.97 Å². The van der Waals surface area contributed by atoms with Crippen LogP contribution < -0.4 is 0 Å². The Labute approximate surface area is 108 Å². The van der Waals surface area contributed by atoms with Gasteiger partial charge in [-0.2, -0.15) is 0 Å². The summed E-state index contributed by atoms with van der Waals surface area (Å²) in [4.78, 5) is 11.5. The largest absolute Gasteiger partial charge is 0.487 e. The van der Waals surface area contributed by atoms with Crippen molar-refractivity contribution in [3.63, 3.8) is 0 Å². The Hall–Kier alpha value is -2.03. The molecule has 0 aromatic heterocycles. The number of carbonyl (C=O) groups excluding carboxylic acids is 1. The predicted molar refractivity (Wildman–Crippen MR) is 70.8 cm³/mol. The third-order valence-corrected chi connectivity index (χ3v) is 2.27. The van der Waals surface area contributed by atoms with Crippen LogP contribution in [0.5, 0.6) is 0 Å². The fourth-order valence-electron chi connectivity index (χ4n) is 1.29. The normalized spacial score (nSPS) is 9.56. The number of hydrogen-bond donors (Lipinski definition) is 0. The fraction of sp³-hybridized carbons (Fsp3) is 0.267. The monoisotopic (exact) mass is 246 g/mol. The molecule has 0 bridgehead atoms. The number of rotatable bonds is 8. The van der Waals surface area contributed by atoms with Crippen molar-refractivity contribution >= 4 is 5.97 Å². The SMILES string of the molecule is C=CCCCOC(=C)C(=O)OCc1ccccc1. The molecule has 0 N–H and O–H groups in total. The molecule has 0 saturated carbocycles. The number of allylic oxidation sites excluding steroid dienone is 1. The first-order valence-electron chi connectivity index (χ1n) is 5.87. The molecule has 0 amide bonds. The van der Waals surface area contributed by atoms with Crippen LogP contribution in [0, 0.1) is 0 Å². The zero-order valence-electron chi connectivity index (χ0n) is 10.4. The smallest absolute Gasteiger partial charge is 0.373 e. The lowest BCUT2D eigenvalue weighted by Crippen LogP contribution is -2.10. The number of esters is 1. The maximum absolute atomic E-state index is 11.5. The van der Waals surface area contributed by atoms with Crippen LogP contribution in [-0.4, -0.2) is 12.6 Å². The number of carbonyl (C=O) groups is 1. The van der Waals surface area contributed by atoms with Gasteiger partial charge in [0.15, 0.2) is 5.76 Å². The second-order valence-corrected chi connectivity index (χ2v) is 3.76. The van der Waals surface area contributed by atoms with Gasteiger partial charge in [-0.1, -0.05) is 36.4 Å². The van der Waals surface area contributed by atoms with E-state index in [1.807, 2.05) is 30.3 Å². The van der Waals surface area contributed by atoms with Crippen LogP contribution in [0.25, 0.3) is 0 Å². The summed E-state index contributed by atoms with van der Waals surface area (Å²) in [6.45, 7) is 7.83. The summed E-state index contributed by atoms with van der Waals surface area (Å²) >= 11 is 0. The fourth-order valence-corrected chi connectivity index (χ4v) is 1.29. The third kappa shape index (κ3) is 5.34. The van der Waals surface area contributed by atoms with Gasteiger partial charge in [-0.25, -0.2) is 4.79 Å². The lowest BCUT2D eigenvalue weighted by molar-refractivity contribution is -0.144. The van der Waals surface area contributed by atoms with E-state index in [0.717, 1.165) is 18.4 Å². The maximum Gasteiger partial charge on any atom is 0.373 e. The Kier molecular flexibility index (Phi) is 6.33. The van der Waals surface area contributed by atoms with E-state index in [2.05, 4.69) is 13.2 Å². The number of unbranched alkanes of at least 4 members (excludes halogenated alkanes) is 1. The molecule has 0 fully saturated rings. The molecule has 3 nitrogen and oxygen atoms in total. The minimum Gasteiger partial charge on any atom is -0.487 e. The molecule has 18 heavy (non-hydrogen) atoms. The summed E-state index contributed by atoms with van der Waals surface area (Å²) in [6.07, 6.45) is 3.47. The van der Waals surface area contributed by atoms with Crippen molar-refractivity contribution < 1.29 is 14.3 Å². The number of benzene rings is 1. The molecule has 1 rings (SSSR count). The summed E-state index contributed by atoms with van der Waals surface area (Å²) in [5.74, 6) is -0.465. The molecule has 96 valence electrons. The molecule has 1 aromatic carbocycles. The van der Waals surface area contributed by atoms with Gasteiger partial charge in [-0.3, -0.25) is 0 Å². The Bertz CT molecular complexity index is 395. The minimum absolute atomic E-state index is 0.0509. The minimum atomic E-state index is -0.516. The Balaban J connectivity index is 2.23. The van der Waals surface area contributed by atoms with E-state index in [1.54, 1.807) is 6.08 Å². The van der Waals surface area contributed by atoms with Crippen molar-refractivity contribution in [3.8, 4) is 0 Å². The van der Waals surface area contributed by atoms with Crippen LogP contribution in [0.15, 0.2) is 55.3 Å². The Morgan fingerprint density at radius 2 is 1.94 bits per heavy atom. The molecule has 3 heteroatoms. The average molecular weight is 246 g/mol. The van der Waals surface area contributed by atoms with E-state index < -0.39 is 5.97 Å². The number of ether oxygens (including phenoxy) is 2. The summed E-state index contributed by atoms with van der Waals surface area (Å²) < 4.78 is 10.2. The van der Waals surface area contributed by atoms with E-state index in [0.29, 0.717) is 6.61 Å². The summed E-state index contributed by atoms with van der Waals surface area (Å²) in [6, 6.07) is 9.47. The van der Waals surface area contributed by atoms with Crippen molar-refractivity contribution in [2.45, 2.75) is 19.4 Å². The van der Waals surface area contributed by atoms with E-state index >= 15 is 0 Å². The molecular weight excluding hydrogens is 228 g/mol. The van der Waals surface area contributed by atoms with Gasteiger partial charge < -0.3 is 9.47 Å². The first-order chi connectivity index (χ1) is 8.74. The van der Waals surface area contributed by atoms with Crippen LogP contribution in [0.4, 0.5) is 0 Å². The highest BCUT2D eigenvalue weighted by Crippen LogP contribution is 2.05. The molecule has 1 aromatic rings. The lowest BCUT2D eigenvalue weighted by Gasteiger charge is -2.08. The summed E-state index contributed by atoms with van der Waals surface area (Å²) in [7, 11) is 0. The molecule has 0 aliphatic rings. The first-order valence-corrected chi connectivity index (χ1v) is 5.87. The van der Waals surface area contributed by atoms with Crippen molar-refractivity contribution in [1.82, 2.24) is 0 Å².